The van der Waals surface area contributed by atoms with E-state index in [1.807, 2.05) is 18.7 Å². The topological polar surface area (TPSA) is 27.1 Å². The molecule has 0 unspecified atom stereocenters. The van der Waals surface area contributed by atoms with Gasteiger partial charge in [0.1, 0.15) is 11.7 Å². The highest BCUT2D eigenvalue weighted by Gasteiger charge is 2.12. The highest BCUT2D eigenvalue weighted by molar-refractivity contribution is 6.34. The third-order valence-electron chi connectivity index (χ3n) is 2.27. The van der Waals surface area contributed by atoms with Crippen LogP contribution in [0.1, 0.15) is 19.4 Å². The molecule has 2 nitrogen and oxygen atoms in total. The highest BCUT2D eigenvalue weighted by atomic mass is 35.5. The highest BCUT2D eigenvalue weighted by Crippen LogP contribution is 2.18. The van der Waals surface area contributed by atoms with E-state index in [1.54, 1.807) is 6.07 Å². The predicted molar refractivity (Wildman–Crippen MR) is 61.2 cm³/mol. The van der Waals surface area contributed by atoms with Crippen LogP contribution in [0, 0.1) is 11.2 Å². The number of hydrogen-bond donors (Lipinski definition) is 1. The molecule has 82 valence electrons. The summed E-state index contributed by atoms with van der Waals surface area (Å²) in [5.74, 6) is -0.0407. The molecule has 1 N–H and O–H groups in total. The Kier molecular flexibility index (Phi) is 4.09. The normalized spacial score (nSPS) is 10.1. The van der Waals surface area contributed by atoms with Gasteiger partial charge in [-0.2, -0.15) is 0 Å². The van der Waals surface area contributed by atoms with E-state index in [2.05, 4.69) is 0 Å². The van der Waals surface area contributed by atoms with Gasteiger partial charge in [0, 0.05) is 18.7 Å². The van der Waals surface area contributed by atoms with Crippen molar-refractivity contribution in [2.75, 3.05) is 13.1 Å². The van der Waals surface area contributed by atoms with Gasteiger partial charge in [-0.15, -0.1) is 0 Å². The van der Waals surface area contributed by atoms with Crippen LogP contribution in [-0.4, -0.2) is 23.8 Å². The zero-order valence-electron chi connectivity index (χ0n) is 8.85. The van der Waals surface area contributed by atoms with Gasteiger partial charge in [-0.05, 0) is 32.0 Å². The van der Waals surface area contributed by atoms with Gasteiger partial charge >= 0.3 is 0 Å². The Labute approximate surface area is 94.2 Å². The molecular formula is C11H14ClFN2. The Hall–Kier alpha value is -1.09. The van der Waals surface area contributed by atoms with Crippen LogP contribution < -0.4 is 0 Å². The number of nitrogens with one attached hydrogen (secondary N) is 1. The number of nitrogens with zero attached hydrogens (tertiary/aromatic N) is 1. The minimum atomic E-state index is -0.379. The SMILES string of the molecule is CCN(CC)C(=N)c1ccc(F)cc1Cl. The molecule has 0 saturated heterocycles. The van der Waals surface area contributed by atoms with E-state index in [9.17, 15) is 4.39 Å². The largest absolute Gasteiger partial charge is 0.357 e. The zero-order chi connectivity index (χ0) is 11.4. The van der Waals surface area contributed by atoms with Crippen LogP contribution in [0.15, 0.2) is 18.2 Å². The van der Waals surface area contributed by atoms with Gasteiger partial charge in [-0.3, -0.25) is 5.41 Å². The van der Waals surface area contributed by atoms with Gasteiger partial charge in [0.05, 0.1) is 5.02 Å². The monoisotopic (exact) mass is 228 g/mol. The first-order chi connectivity index (χ1) is 7.10. The number of hydrogen-bond acceptors (Lipinski definition) is 1. The molecule has 4 heteroatoms. The second-order valence-electron chi connectivity index (χ2n) is 3.15. The maximum Gasteiger partial charge on any atom is 0.129 e. The molecule has 0 radical (unpaired) electrons. The molecule has 0 aliphatic rings. The van der Waals surface area contributed by atoms with Gasteiger partial charge in [-0.1, -0.05) is 11.6 Å². The van der Waals surface area contributed by atoms with Crippen LogP contribution in [0.2, 0.25) is 5.02 Å². The lowest BCUT2D eigenvalue weighted by atomic mass is 10.2. The Morgan fingerprint density at radius 1 is 1.40 bits per heavy atom. The standard InChI is InChI=1S/C11H14ClFN2/c1-3-15(4-2)11(14)9-6-5-8(13)7-10(9)12/h5-7,14H,3-4H2,1-2H3. The Bertz CT molecular complexity index is 362. The molecule has 0 heterocycles. The molecule has 0 atom stereocenters. The molecule has 0 aliphatic heterocycles. The summed E-state index contributed by atoms with van der Waals surface area (Å²) in [7, 11) is 0. The predicted octanol–water partition coefficient (Wildman–Crippen LogP) is 3.15. The van der Waals surface area contributed by atoms with Gasteiger partial charge in [0.2, 0.25) is 0 Å². The van der Waals surface area contributed by atoms with Crippen molar-refractivity contribution in [2.45, 2.75) is 13.8 Å². The Balaban J connectivity index is 3.00. The average molecular weight is 229 g/mol. The molecule has 1 rings (SSSR count). The first kappa shape index (κ1) is 12.0. The van der Waals surface area contributed by atoms with Crippen molar-refractivity contribution in [3.05, 3.63) is 34.6 Å². The van der Waals surface area contributed by atoms with E-state index in [-0.39, 0.29) is 10.8 Å². The van der Waals surface area contributed by atoms with Crippen molar-refractivity contribution in [3.8, 4) is 0 Å². The van der Waals surface area contributed by atoms with Crippen molar-refractivity contribution in [3.63, 3.8) is 0 Å². The summed E-state index contributed by atoms with van der Waals surface area (Å²) in [6.07, 6.45) is 0. The summed E-state index contributed by atoms with van der Waals surface area (Å²) in [5.41, 5.74) is 0.571. The third kappa shape index (κ3) is 2.69. The lowest BCUT2D eigenvalue weighted by molar-refractivity contribution is 0.463. The molecule has 1 aromatic carbocycles. The van der Waals surface area contributed by atoms with Crippen molar-refractivity contribution < 1.29 is 4.39 Å². The first-order valence-electron chi connectivity index (χ1n) is 4.89. The van der Waals surface area contributed by atoms with Gasteiger partial charge in [-0.25, -0.2) is 4.39 Å². The van der Waals surface area contributed by atoms with E-state index >= 15 is 0 Å². The lowest BCUT2D eigenvalue weighted by Gasteiger charge is -2.22. The minimum Gasteiger partial charge on any atom is -0.357 e. The second kappa shape index (κ2) is 5.12. The minimum absolute atomic E-state index is 0.284. The van der Waals surface area contributed by atoms with Crippen molar-refractivity contribution in [2.24, 2.45) is 0 Å². The summed E-state index contributed by atoms with van der Waals surface area (Å²) in [4.78, 5) is 1.86. The van der Waals surface area contributed by atoms with Crippen molar-refractivity contribution >= 4 is 17.4 Å². The van der Waals surface area contributed by atoms with Crippen LogP contribution >= 0.6 is 11.6 Å². The van der Waals surface area contributed by atoms with Crippen LogP contribution in [-0.2, 0) is 0 Å². The summed E-state index contributed by atoms with van der Waals surface area (Å²) in [6, 6.07) is 4.09. The Morgan fingerprint density at radius 2 is 2.00 bits per heavy atom. The molecule has 0 fully saturated rings. The summed E-state index contributed by atoms with van der Waals surface area (Å²) in [6.45, 7) is 5.41. The molecule has 15 heavy (non-hydrogen) atoms. The molecule has 0 aromatic heterocycles. The molecule has 0 saturated carbocycles. The Morgan fingerprint density at radius 3 is 2.47 bits per heavy atom. The average Bonchev–Trinajstić information content (AvgIpc) is 2.19. The maximum atomic E-state index is 12.8. The van der Waals surface area contributed by atoms with Crippen LogP contribution in [0.25, 0.3) is 0 Å². The number of amidine groups is 1. The molecule has 1 aromatic rings. The van der Waals surface area contributed by atoms with E-state index in [4.69, 9.17) is 17.0 Å². The van der Waals surface area contributed by atoms with Crippen LogP contribution in [0.4, 0.5) is 4.39 Å². The summed E-state index contributed by atoms with van der Waals surface area (Å²) >= 11 is 5.87. The fourth-order valence-corrected chi connectivity index (χ4v) is 1.65. The van der Waals surface area contributed by atoms with E-state index in [0.717, 1.165) is 13.1 Å². The van der Waals surface area contributed by atoms with E-state index < -0.39 is 0 Å². The molecule has 0 aliphatic carbocycles. The number of halogens is 2. The quantitative estimate of drug-likeness (QED) is 0.625. The summed E-state index contributed by atoms with van der Waals surface area (Å²) in [5, 5.41) is 8.20. The van der Waals surface area contributed by atoms with Gasteiger partial charge < -0.3 is 4.90 Å². The van der Waals surface area contributed by atoms with Gasteiger partial charge in [0.15, 0.2) is 0 Å². The number of benzene rings is 1. The fourth-order valence-electron chi connectivity index (χ4n) is 1.39. The third-order valence-corrected chi connectivity index (χ3v) is 2.58. The molecule has 0 bridgehead atoms. The van der Waals surface area contributed by atoms with Crippen LogP contribution in [0.5, 0.6) is 0 Å². The van der Waals surface area contributed by atoms with E-state index in [0.29, 0.717) is 11.4 Å². The second-order valence-corrected chi connectivity index (χ2v) is 3.55. The van der Waals surface area contributed by atoms with Gasteiger partial charge in [0.25, 0.3) is 0 Å². The fraction of sp³-hybridized carbons (Fsp3) is 0.364. The summed E-state index contributed by atoms with van der Waals surface area (Å²) < 4.78 is 12.8. The smallest absolute Gasteiger partial charge is 0.129 e. The lowest BCUT2D eigenvalue weighted by Crippen LogP contribution is -2.30. The molecule has 0 amide bonds. The zero-order valence-corrected chi connectivity index (χ0v) is 9.61. The van der Waals surface area contributed by atoms with Crippen LogP contribution in [0.3, 0.4) is 0 Å². The maximum absolute atomic E-state index is 12.8. The van der Waals surface area contributed by atoms with E-state index in [1.165, 1.54) is 12.1 Å². The van der Waals surface area contributed by atoms with Crippen molar-refractivity contribution in [1.29, 1.82) is 5.41 Å². The number of rotatable bonds is 3. The molecule has 0 spiro atoms. The first-order valence-corrected chi connectivity index (χ1v) is 5.26. The van der Waals surface area contributed by atoms with Crippen molar-refractivity contribution in [1.82, 2.24) is 4.90 Å². The molecular weight excluding hydrogens is 215 g/mol.